The zero-order valence-electron chi connectivity index (χ0n) is 13.8. The summed E-state index contributed by atoms with van der Waals surface area (Å²) in [6.45, 7) is 8.63. The Morgan fingerprint density at radius 1 is 1.32 bits per heavy atom. The van der Waals surface area contributed by atoms with E-state index in [1.165, 1.54) is 18.4 Å². The molecule has 1 amide bonds. The first kappa shape index (κ1) is 15.3. The van der Waals surface area contributed by atoms with Gasteiger partial charge in [-0.1, -0.05) is 18.2 Å². The standard InChI is InChI=1S/C18H26N2O2/c1-18(2,3)22-17(21)20-12-15(13-7-6-10-19-11-13)14-8-4-5-9-16(14)20/h4-5,8-9,13,15,19H,6-7,10-12H2,1-3H3. The van der Waals surface area contributed by atoms with Gasteiger partial charge >= 0.3 is 6.09 Å². The number of amides is 1. The number of carbonyl (C=O) groups excluding carboxylic acids is 1. The van der Waals surface area contributed by atoms with Gasteiger partial charge in [0.2, 0.25) is 0 Å². The normalized spacial score (nSPS) is 25.0. The van der Waals surface area contributed by atoms with E-state index in [4.69, 9.17) is 4.74 Å². The van der Waals surface area contributed by atoms with E-state index in [2.05, 4.69) is 17.4 Å². The number of piperidine rings is 1. The van der Waals surface area contributed by atoms with Gasteiger partial charge in [-0.15, -0.1) is 0 Å². The number of benzene rings is 1. The third-order valence-corrected chi connectivity index (χ3v) is 4.52. The van der Waals surface area contributed by atoms with Gasteiger partial charge in [-0.25, -0.2) is 4.79 Å². The molecule has 0 spiro atoms. The molecule has 0 saturated carbocycles. The molecule has 1 aromatic rings. The lowest BCUT2D eigenvalue weighted by Crippen LogP contribution is -2.38. The van der Waals surface area contributed by atoms with Crippen molar-refractivity contribution in [2.75, 3.05) is 24.5 Å². The van der Waals surface area contributed by atoms with Gasteiger partial charge in [-0.3, -0.25) is 4.90 Å². The molecule has 2 atom stereocenters. The van der Waals surface area contributed by atoms with Gasteiger partial charge in [0.15, 0.2) is 0 Å². The average Bonchev–Trinajstić information content (AvgIpc) is 2.86. The van der Waals surface area contributed by atoms with Crippen molar-refractivity contribution in [3.63, 3.8) is 0 Å². The van der Waals surface area contributed by atoms with Gasteiger partial charge in [0, 0.05) is 12.5 Å². The van der Waals surface area contributed by atoms with Gasteiger partial charge in [-0.2, -0.15) is 0 Å². The SMILES string of the molecule is CC(C)(C)OC(=O)N1CC(C2CCCNC2)c2ccccc21. The number of fused-ring (bicyclic) bond motifs is 1. The Bertz CT molecular complexity index is 544. The van der Waals surface area contributed by atoms with E-state index in [1.54, 1.807) is 0 Å². The Kier molecular flexibility index (Phi) is 4.13. The fraction of sp³-hybridized carbons (Fsp3) is 0.611. The minimum absolute atomic E-state index is 0.230. The van der Waals surface area contributed by atoms with E-state index in [-0.39, 0.29) is 6.09 Å². The van der Waals surface area contributed by atoms with Crippen LogP contribution in [0.15, 0.2) is 24.3 Å². The quantitative estimate of drug-likeness (QED) is 0.863. The summed E-state index contributed by atoms with van der Waals surface area (Å²) >= 11 is 0. The summed E-state index contributed by atoms with van der Waals surface area (Å²) in [4.78, 5) is 14.4. The number of nitrogens with zero attached hydrogens (tertiary/aromatic N) is 1. The monoisotopic (exact) mass is 302 g/mol. The van der Waals surface area contributed by atoms with E-state index in [1.807, 2.05) is 37.8 Å². The highest BCUT2D eigenvalue weighted by Gasteiger charge is 2.38. The number of anilines is 1. The summed E-state index contributed by atoms with van der Waals surface area (Å²) in [5.74, 6) is 1.01. The van der Waals surface area contributed by atoms with Crippen LogP contribution in [-0.4, -0.2) is 31.3 Å². The van der Waals surface area contributed by atoms with Gasteiger partial charge in [0.25, 0.3) is 0 Å². The molecule has 2 heterocycles. The first-order valence-corrected chi connectivity index (χ1v) is 8.26. The molecule has 4 heteroatoms. The van der Waals surface area contributed by atoms with Crippen LogP contribution in [0.5, 0.6) is 0 Å². The molecule has 2 aliphatic rings. The van der Waals surface area contributed by atoms with Crippen molar-refractivity contribution in [2.24, 2.45) is 5.92 Å². The van der Waals surface area contributed by atoms with E-state index in [0.29, 0.717) is 11.8 Å². The van der Waals surface area contributed by atoms with E-state index >= 15 is 0 Å². The zero-order chi connectivity index (χ0) is 15.7. The summed E-state index contributed by atoms with van der Waals surface area (Å²) in [6, 6.07) is 8.27. The topological polar surface area (TPSA) is 41.6 Å². The summed E-state index contributed by atoms with van der Waals surface area (Å²) in [5.41, 5.74) is 1.85. The van der Waals surface area contributed by atoms with Crippen molar-refractivity contribution < 1.29 is 9.53 Å². The number of rotatable bonds is 1. The second-order valence-corrected chi connectivity index (χ2v) is 7.36. The van der Waals surface area contributed by atoms with E-state index in [0.717, 1.165) is 25.3 Å². The Labute approximate surface area is 132 Å². The first-order valence-electron chi connectivity index (χ1n) is 8.26. The second kappa shape index (κ2) is 5.92. The first-order chi connectivity index (χ1) is 10.5. The van der Waals surface area contributed by atoms with Crippen LogP contribution >= 0.6 is 0 Å². The highest BCUT2D eigenvalue weighted by atomic mass is 16.6. The van der Waals surface area contributed by atoms with Crippen molar-refractivity contribution in [2.45, 2.75) is 45.1 Å². The van der Waals surface area contributed by atoms with E-state index < -0.39 is 5.60 Å². The number of nitrogens with one attached hydrogen (secondary N) is 1. The molecule has 120 valence electrons. The van der Waals surface area contributed by atoms with Crippen LogP contribution in [0.3, 0.4) is 0 Å². The van der Waals surface area contributed by atoms with E-state index in [9.17, 15) is 4.79 Å². The minimum atomic E-state index is -0.462. The van der Waals surface area contributed by atoms with Crippen LogP contribution in [0.4, 0.5) is 10.5 Å². The molecule has 0 bridgehead atoms. The van der Waals surface area contributed by atoms with Gasteiger partial charge in [0.1, 0.15) is 5.60 Å². The average molecular weight is 302 g/mol. The Morgan fingerprint density at radius 2 is 2.09 bits per heavy atom. The van der Waals surface area contributed by atoms with Crippen molar-refractivity contribution in [1.29, 1.82) is 0 Å². The molecule has 1 saturated heterocycles. The highest BCUT2D eigenvalue weighted by Crippen LogP contribution is 2.42. The smallest absolute Gasteiger partial charge is 0.414 e. The predicted octanol–water partition coefficient (Wildman–Crippen LogP) is 3.52. The van der Waals surface area contributed by atoms with Crippen LogP contribution in [-0.2, 0) is 4.74 Å². The maximum atomic E-state index is 12.5. The van der Waals surface area contributed by atoms with Crippen LogP contribution in [0, 0.1) is 5.92 Å². The lowest BCUT2D eigenvalue weighted by molar-refractivity contribution is 0.0580. The van der Waals surface area contributed by atoms with Crippen molar-refractivity contribution in [1.82, 2.24) is 5.32 Å². The number of hydrogen-bond acceptors (Lipinski definition) is 3. The van der Waals surface area contributed by atoms with Crippen molar-refractivity contribution in [3.8, 4) is 0 Å². The maximum Gasteiger partial charge on any atom is 0.414 e. The van der Waals surface area contributed by atoms with Gasteiger partial charge in [0.05, 0.1) is 5.69 Å². The molecule has 1 N–H and O–H groups in total. The Morgan fingerprint density at radius 3 is 2.77 bits per heavy atom. The fourth-order valence-corrected chi connectivity index (χ4v) is 3.56. The molecule has 1 aromatic carbocycles. The van der Waals surface area contributed by atoms with Crippen molar-refractivity contribution >= 4 is 11.8 Å². The summed E-state index contributed by atoms with van der Waals surface area (Å²) in [6.07, 6.45) is 2.22. The summed E-state index contributed by atoms with van der Waals surface area (Å²) < 4.78 is 5.59. The molecule has 0 aliphatic carbocycles. The highest BCUT2D eigenvalue weighted by molar-refractivity contribution is 5.91. The van der Waals surface area contributed by atoms with Crippen LogP contribution in [0.2, 0.25) is 0 Å². The number of carbonyl (C=O) groups is 1. The number of para-hydroxylation sites is 1. The lowest BCUT2D eigenvalue weighted by Gasteiger charge is -2.29. The molecule has 22 heavy (non-hydrogen) atoms. The van der Waals surface area contributed by atoms with Crippen LogP contribution in [0.1, 0.15) is 45.1 Å². The minimum Gasteiger partial charge on any atom is -0.443 e. The summed E-state index contributed by atoms with van der Waals surface area (Å²) in [7, 11) is 0. The third kappa shape index (κ3) is 3.12. The third-order valence-electron chi connectivity index (χ3n) is 4.52. The number of ether oxygens (including phenoxy) is 1. The molecule has 0 radical (unpaired) electrons. The Hall–Kier alpha value is -1.55. The second-order valence-electron chi connectivity index (χ2n) is 7.36. The Balaban J connectivity index is 1.83. The molecule has 1 fully saturated rings. The molecule has 4 nitrogen and oxygen atoms in total. The molecule has 2 unspecified atom stereocenters. The zero-order valence-corrected chi connectivity index (χ0v) is 13.8. The van der Waals surface area contributed by atoms with Crippen LogP contribution in [0.25, 0.3) is 0 Å². The van der Waals surface area contributed by atoms with Crippen LogP contribution < -0.4 is 10.2 Å². The van der Waals surface area contributed by atoms with Crippen molar-refractivity contribution in [3.05, 3.63) is 29.8 Å². The molecule has 2 aliphatic heterocycles. The summed E-state index contributed by atoms with van der Waals surface area (Å²) in [5, 5.41) is 3.49. The lowest BCUT2D eigenvalue weighted by atomic mass is 9.83. The fourth-order valence-electron chi connectivity index (χ4n) is 3.56. The molecular formula is C18H26N2O2. The molecule has 3 rings (SSSR count). The molecular weight excluding hydrogens is 276 g/mol. The molecule has 0 aromatic heterocycles. The van der Waals surface area contributed by atoms with Gasteiger partial charge < -0.3 is 10.1 Å². The number of hydrogen-bond donors (Lipinski definition) is 1. The predicted molar refractivity (Wildman–Crippen MR) is 88.4 cm³/mol. The largest absolute Gasteiger partial charge is 0.443 e. The maximum absolute atomic E-state index is 12.5. The van der Waals surface area contributed by atoms with Gasteiger partial charge in [-0.05, 0) is 64.3 Å².